The fraction of sp³-hybridized carbons (Fsp3) is 0.485. The van der Waals surface area contributed by atoms with Crippen molar-refractivity contribution >= 4 is 54.8 Å². The van der Waals surface area contributed by atoms with Crippen LogP contribution in [0.2, 0.25) is 0 Å². The van der Waals surface area contributed by atoms with E-state index in [0.717, 1.165) is 80.8 Å². The molecule has 1 saturated carbocycles. The predicted molar refractivity (Wildman–Crippen MR) is 182 cm³/mol. The number of nitrogens with one attached hydrogen (secondary N) is 1. The molecule has 1 aliphatic heterocycles. The number of aliphatic hydroxyl groups excluding tert-OH is 1. The van der Waals surface area contributed by atoms with Crippen LogP contribution in [-0.4, -0.2) is 60.4 Å². The van der Waals surface area contributed by atoms with Gasteiger partial charge >= 0.3 is 0 Å². The number of ether oxygens (including phenoxy) is 1. The molecule has 5 aromatic rings. The third-order valence-corrected chi connectivity index (χ3v) is 11.7. The third-order valence-electron chi connectivity index (χ3n) is 9.60. The summed E-state index contributed by atoms with van der Waals surface area (Å²) in [6, 6.07) is 8.05. The van der Waals surface area contributed by atoms with Gasteiger partial charge in [0.25, 0.3) is 0 Å². The lowest BCUT2D eigenvalue weighted by Gasteiger charge is -2.37. The standard InChI is InChI=1S/C33H40N8O3S2/c1-20-22-12-16-40(29(22)39-38-28(20)37-31-35-24-10-5-6-11-25(24)45-31)32-36-26(30(42)43)27(46-32)23-18-34-41(21(23)2)19-33(15-9-17-44-3)13-7-4-8-14-33/h5-6,10-11,18,30,42-43H,4,7-9,12-17,19H2,1-3H3,(H,35,37,38). The van der Waals surface area contributed by atoms with E-state index in [9.17, 15) is 10.2 Å². The van der Waals surface area contributed by atoms with Crippen LogP contribution in [0.15, 0.2) is 30.5 Å². The molecule has 0 atom stereocenters. The number of anilines is 4. The Labute approximate surface area is 276 Å². The molecule has 1 aromatic carbocycles. The Morgan fingerprint density at radius 3 is 2.67 bits per heavy atom. The summed E-state index contributed by atoms with van der Waals surface area (Å²) >= 11 is 3.02. The van der Waals surface area contributed by atoms with Gasteiger partial charge in [-0.05, 0) is 63.5 Å². The Balaban J connectivity index is 1.15. The normalized spacial score (nSPS) is 16.1. The van der Waals surface area contributed by atoms with Crippen molar-refractivity contribution in [2.45, 2.75) is 78.0 Å². The number of aliphatic hydroxyl groups is 2. The van der Waals surface area contributed by atoms with Crippen molar-refractivity contribution < 1.29 is 14.9 Å². The van der Waals surface area contributed by atoms with E-state index in [1.807, 2.05) is 29.3 Å². The summed E-state index contributed by atoms with van der Waals surface area (Å²) < 4.78 is 8.59. The maximum Gasteiger partial charge on any atom is 0.197 e. The average Bonchev–Trinajstić information content (AvgIpc) is 3.84. The summed E-state index contributed by atoms with van der Waals surface area (Å²) in [4.78, 5) is 12.2. The molecule has 2 aliphatic rings. The van der Waals surface area contributed by atoms with E-state index in [1.54, 1.807) is 18.4 Å². The summed E-state index contributed by atoms with van der Waals surface area (Å²) in [5, 5.41) is 39.6. The van der Waals surface area contributed by atoms with Gasteiger partial charge in [0.1, 0.15) is 5.69 Å². The number of para-hydroxylation sites is 1. The molecular formula is C33H40N8O3S2. The van der Waals surface area contributed by atoms with Gasteiger partial charge < -0.3 is 25.2 Å². The summed E-state index contributed by atoms with van der Waals surface area (Å²) in [7, 11) is 1.77. The van der Waals surface area contributed by atoms with E-state index >= 15 is 0 Å². The molecule has 3 N–H and O–H groups in total. The second-order valence-electron chi connectivity index (χ2n) is 12.5. The summed E-state index contributed by atoms with van der Waals surface area (Å²) in [5.74, 6) is 1.43. The number of rotatable bonds is 11. The van der Waals surface area contributed by atoms with Crippen LogP contribution in [-0.2, 0) is 17.7 Å². The predicted octanol–water partition coefficient (Wildman–Crippen LogP) is 6.82. The quantitative estimate of drug-likeness (QED) is 0.102. The number of aromatic nitrogens is 6. The zero-order valence-corrected chi connectivity index (χ0v) is 28.1. The van der Waals surface area contributed by atoms with Crippen LogP contribution in [0.1, 0.15) is 73.8 Å². The van der Waals surface area contributed by atoms with Gasteiger partial charge in [0.15, 0.2) is 28.2 Å². The van der Waals surface area contributed by atoms with Crippen molar-refractivity contribution in [3.63, 3.8) is 0 Å². The second kappa shape index (κ2) is 13.0. The second-order valence-corrected chi connectivity index (χ2v) is 14.5. The van der Waals surface area contributed by atoms with Crippen LogP contribution in [0.3, 0.4) is 0 Å². The highest BCUT2D eigenvalue weighted by Gasteiger charge is 2.34. The van der Waals surface area contributed by atoms with Gasteiger partial charge in [-0.15, -0.1) is 10.2 Å². The number of nitrogens with zero attached hydrogens (tertiary/aromatic N) is 7. The molecule has 0 saturated heterocycles. The molecule has 46 heavy (non-hydrogen) atoms. The fourth-order valence-electron chi connectivity index (χ4n) is 7.05. The van der Waals surface area contributed by atoms with Crippen LogP contribution in [0.25, 0.3) is 20.7 Å². The van der Waals surface area contributed by atoms with E-state index in [0.29, 0.717) is 17.5 Å². The molecular weight excluding hydrogens is 621 g/mol. The lowest BCUT2D eigenvalue weighted by Crippen LogP contribution is -2.31. The molecule has 0 radical (unpaired) electrons. The van der Waals surface area contributed by atoms with E-state index in [2.05, 4.69) is 45.1 Å². The number of hydrogen-bond donors (Lipinski definition) is 3. The first kappa shape index (κ1) is 31.1. The van der Waals surface area contributed by atoms with Gasteiger partial charge in [-0.2, -0.15) is 5.10 Å². The number of thiazole rings is 2. The lowest BCUT2D eigenvalue weighted by molar-refractivity contribution is -0.0449. The average molecular weight is 661 g/mol. The SMILES string of the molecule is COCCCC1(Cn2ncc(-c3sc(N4CCc5c4nnc(Nc4nc6ccccc6s4)c5C)nc3C(O)O)c2C)CCCCC1. The maximum atomic E-state index is 10.4. The smallest absolute Gasteiger partial charge is 0.197 e. The first-order chi connectivity index (χ1) is 22.4. The molecule has 0 unspecified atom stereocenters. The highest BCUT2D eigenvalue weighted by Crippen LogP contribution is 2.45. The fourth-order valence-corrected chi connectivity index (χ4v) is 9.10. The number of fused-ring (bicyclic) bond motifs is 2. The number of hydrogen-bond acceptors (Lipinski definition) is 12. The molecule has 7 rings (SSSR count). The molecule has 0 spiro atoms. The summed E-state index contributed by atoms with van der Waals surface area (Å²) in [5.41, 5.74) is 5.40. The summed E-state index contributed by atoms with van der Waals surface area (Å²) in [6.07, 6.45) is 9.27. The largest absolute Gasteiger partial charge is 0.385 e. The molecule has 1 fully saturated rings. The van der Waals surface area contributed by atoms with Gasteiger partial charge in [-0.25, -0.2) is 9.97 Å². The Bertz CT molecular complexity index is 1810. The zero-order valence-electron chi connectivity index (χ0n) is 26.5. The molecule has 0 amide bonds. The van der Waals surface area contributed by atoms with Crippen molar-refractivity contribution in [3.05, 3.63) is 53.0 Å². The molecule has 4 aromatic heterocycles. The summed E-state index contributed by atoms with van der Waals surface area (Å²) in [6.45, 7) is 6.42. The highest BCUT2D eigenvalue weighted by atomic mass is 32.1. The van der Waals surface area contributed by atoms with Crippen LogP contribution < -0.4 is 10.2 Å². The molecule has 1 aliphatic carbocycles. The molecule has 13 heteroatoms. The topological polar surface area (TPSA) is 134 Å². The van der Waals surface area contributed by atoms with Crippen LogP contribution in [0, 0.1) is 19.3 Å². The van der Waals surface area contributed by atoms with Crippen molar-refractivity contribution in [3.8, 4) is 10.4 Å². The van der Waals surface area contributed by atoms with Gasteiger partial charge in [0.2, 0.25) is 0 Å². The number of methoxy groups -OCH3 is 1. The molecule has 242 valence electrons. The Hall–Kier alpha value is -3.49. The van der Waals surface area contributed by atoms with E-state index in [1.165, 1.54) is 43.4 Å². The Morgan fingerprint density at radius 2 is 1.89 bits per heavy atom. The lowest BCUT2D eigenvalue weighted by atomic mass is 9.71. The van der Waals surface area contributed by atoms with Gasteiger partial charge in [0.05, 0.1) is 21.3 Å². The van der Waals surface area contributed by atoms with Gasteiger partial charge in [-0.1, -0.05) is 54.1 Å². The first-order valence-electron chi connectivity index (χ1n) is 16.0. The van der Waals surface area contributed by atoms with Crippen molar-refractivity contribution in [2.75, 3.05) is 30.5 Å². The van der Waals surface area contributed by atoms with E-state index in [-0.39, 0.29) is 11.1 Å². The van der Waals surface area contributed by atoms with Crippen LogP contribution in [0.4, 0.5) is 21.9 Å². The third kappa shape index (κ3) is 5.90. The zero-order chi connectivity index (χ0) is 31.8. The first-order valence-corrected chi connectivity index (χ1v) is 17.6. The van der Waals surface area contributed by atoms with Crippen molar-refractivity contribution in [2.24, 2.45) is 5.41 Å². The van der Waals surface area contributed by atoms with E-state index in [4.69, 9.17) is 14.8 Å². The molecule has 11 nitrogen and oxygen atoms in total. The minimum atomic E-state index is -1.71. The van der Waals surface area contributed by atoms with Gasteiger partial charge in [0, 0.05) is 49.2 Å². The molecule has 5 heterocycles. The molecule has 0 bridgehead atoms. The highest BCUT2D eigenvalue weighted by molar-refractivity contribution is 7.22. The van der Waals surface area contributed by atoms with Crippen molar-refractivity contribution in [1.29, 1.82) is 0 Å². The Morgan fingerprint density at radius 1 is 1.07 bits per heavy atom. The van der Waals surface area contributed by atoms with Crippen LogP contribution >= 0.6 is 22.7 Å². The Kier molecular flexibility index (Phi) is 8.77. The van der Waals surface area contributed by atoms with Crippen LogP contribution in [0.5, 0.6) is 0 Å². The monoisotopic (exact) mass is 660 g/mol. The maximum absolute atomic E-state index is 10.4. The minimum absolute atomic E-state index is 0.208. The number of benzene rings is 1. The van der Waals surface area contributed by atoms with Crippen molar-refractivity contribution in [1.82, 2.24) is 29.9 Å². The minimum Gasteiger partial charge on any atom is -0.385 e. The van der Waals surface area contributed by atoms with Gasteiger partial charge in [-0.3, -0.25) is 4.68 Å². The van der Waals surface area contributed by atoms with E-state index < -0.39 is 6.29 Å².